The van der Waals surface area contributed by atoms with Crippen LogP contribution < -0.4 is 10.1 Å². The van der Waals surface area contributed by atoms with E-state index in [1.165, 1.54) is 11.1 Å². The van der Waals surface area contributed by atoms with Gasteiger partial charge >= 0.3 is 0 Å². The van der Waals surface area contributed by atoms with Crippen LogP contribution in [0.25, 0.3) is 0 Å². The van der Waals surface area contributed by atoms with Crippen molar-refractivity contribution < 1.29 is 9.84 Å². The number of aliphatic hydroxyl groups excluding tert-OH is 1. The van der Waals surface area contributed by atoms with Gasteiger partial charge in [-0.2, -0.15) is 0 Å². The molecule has 0 fully saturated rings. The molecule has 134 valence electrons. The Balaban J connectivity index is 1.45. The van der Waals surface area contributed by atoms with Crippen molar-refractivity contribution in [2.45, 2.75) is 26.2 Å². The van der Waals surface area contributed by atoms with Crippen LogP contribution in [0.1, 0.15) is 28.4 Å². The minimum atomic E-state index is -0.493. The van der Waals surface area contributed by atoms with E-state index in [2.05, 4.69) is 36.5 Å². The van der Waals surface area contributed by atoms with Crippen molar-refractivity contribution in [1.29, 1.82) is 0 Å². The average Bonchev–Trinajstić information content (AvgIpc) is 2.69. The van der Waals surface area contributed by atoms with Gasteiger partial charge in [-0.05, 0) is 41.3 Å². The maximum Gasteiger partial charge on any atom is 0.119 e. The van der Waals surface area contributed by atoms with Gasteiger partial charge in [0.15, 0.2) is 0 Å². The fourth-order valence-electron chi connectivity index (χ4n) is 2.78. The average molecular weight is 347 g/mol. The number of hydrogen-bond donors (Lipinski definition) is 2. The number of hydrogen-bond acceptors (Lipinski definition) is 3. The molecule has 0 amide bonds. The normalized spacial score (nSPS) is 11.9. The maximum absolute atomic E-state index is 10.2. The lowest BCUT2D eigenvalue weighted by Crippen LogP contribution is -2.20. The van der Waals surface area contributed by atoms with Gasteiger partial charge in [0.1, 0.15) is 12.4 Å². The van der Waals surface area contributed by atoms with Gasteiger partial charge in [-0.1, -0.05) is 66.7 Å². The van der Waals surface area contributed by atoms with Crippen molar-refractivity contribution in [1.82, 2.24) is 5.32 Å². The molecule has 0 heterocycles. The summed E-state index contributed by atoms with van der Waals surface area (Å²) in [5.41, 5.74) is 4.53. The summed E-state index contributed by atoms with van der Waals surface area (Å²) in [7, 11) is 0. The van der Waals surface area contributed by atoms with E-state index in [0.717, 1.165) is 16.9 Å². The SMILES string of the molecule is Cc1ccccc1COc1ccc(CNCC(O)c2ccccc2)cc1. The summed E-state index contributed by atoms with van der Waals surface area (Å²) in [4.78, 5) is 0. The molecule has 1 unspecified atom stereocenters. The molecule has 3 rings (SSSR count). The van der Waals surface area contributed by atoms with Gasteiger partial charge in [-0.3, -0.25) is 0 Å². The zero-order chi connectivity index (χ0) is 18.2. The van der Waals surface area contributed by atoms with E-state index in [1.54, 1.807) is 0 Å². The third kappa shape index (κ3) is 5.19. The second-order valence-electron chi connectivity index (χ2n) is 6.42. The second-order valence-corrected chi connectivity index (χ2v) is 6.42. The molecule has 3 heteroatoms. The molecule has 0 bridgehead atoms. The highest BCUT2D eigenvalue weighted by atomic mass is 16.5. The topological polar surface area (TPSA) is 41.5 Å². The van der Waals surface area contributed by atoms with Crippen molar-refractivity contribution >= 4 is 0 Å². The van der Waals surface area contributed by atoms with Gasteiger partial charge in [0.25, 0.3) is 0 Å². The smallest absolute Gasteiger partial charge is 0.119 e. The number of aliphatic hydroxyl groups is 1. The molecule has 3 aromatic rings. The number of ether oxygens (including phenoxy) is 1. The van der Waals surface area contributed by atoms with Crippen LogP contribution >= 0.6 is 0 Å². The fourth-order valence-corrected chi connectivity index (χ4v) is 2.78. The van der Waals surface area contributed by atoms with Gasteiger partial charge in [0.05, 0.1) is 6.10 Å². The molecular weight excluding hydrogens is 322 g/mol. The molecule has 0 saturated carbocycles. The molecule has 0 saturated heterocycles. The molecule has 3 aromatic carbocycles. The van der Waals surface area contributed by atoms with E-state index in [9.17, 15) is 5.11 Å². The zero-order valence-corrected chi connectivity index (χ0v) is 15.1. The van der Waals surface area contributed by atoms with E-state index in [1.807, 2.05) is 54.6 Å². The Morgan fingerprint density at radius 3 is 2.31 bits per heavy atom. The van der Waals surface area contributed by atoms with Gasteiger partial charge < -0.3 is 15.2 Å². The number of rotatable bonds is 8. The van der Waals surface area contributed by atoms with Crippen LogP contribution in [0, 0.1) is 6.92 Å². The van der Waals surface area contributed by atoms with Gasteiger partial charge in [0.2, 0.25) is 0 Å². The summed E-state index contributed by atoms with van der Waals surface area (Å²) in [6.07, 6.45) is -0.493. The van der Waals surface area contributed by atoms with Gasteiger partial charge in [0, 0.05) is 13.1 Å². The van der Waals surface area contributed by atoms with Crippen LogP contribution in [0.4, 0.5) is 0 Å². The molecule has 3 nitrogen and oxygen atoms in total. The molecule has 0 aliphatic rings. The minimum Gasteiger partial charge on any atom is -0.489 e. The molecule has 0 radical (unpaired) electrons. The molecule has 1 atom stereocenters. The molecule has 0 aromatic heterocycles. The Morgan fingerprint density at radius 1 is 0.885 bits per heavy atom. The Morgan fingerprint density at radius 2 is 1.58 bits per heavy atom. The fraction of sp³-hybridized carbons (Fsp3) is 0.217. The van der Waals surface area contributed by atoms with Crippen molar-refractivity contribution in [2.24, 2.45) is 0 Å². The summed E-state index contributed by atoms with van der Waals surface area (Å²) >= 11 is 0. The number of nitrogens with one attached hydrogen (secondary N) is 1. The maximum atomic E-state index is 10.2. The predicted octanol–water partition coefficient (Wildman–Crippen LogP) is 4.40. The number of benzene rings is 3. The molecule has 0 aliphatic carbocycles. The van der Waals surface area contributed by atoms with Crippen LogP contribution in [0.15, 0.2) is 78.9 Å². The first-order valence-corrected chi connectivity index (χ1v) is 8.92. The zero-order valence-electron chi connectivity index (χ0n) is 15.1. The van der Waals surface area contributed by atoms with Crippen LogP contribution in [0.5, 0.6) is 5.75 Å². The van der Waals surface area contributed by atoms with Crippen molar-refractivity contribution in [3.8, 4) is 5.75 Å². The van der Waals surface area contributed by atoms with Crippen molar-refractivity contribution in [3.05, 3.63) is 101 Å². The Kier molecular flexibility index (Phi) is 6.42. The minimum absolute atomic E-state index is 0.493. The first kappa shape index (κ1) is 18.2. The summed E-state index contributed by atoms with van der Waals surface area (Å²) in [5.74, 6) is 0.862. The standard InChI is InChI=1S/C23H25NO2/c1-18-7-5-6-10-21(18)17-26-22-13-11-19(12-14-22)15-24-16-23(25)20-8-3-2-4-9-20/h2-14,23-25H,15-17H2,1H3. The first-order chi connectivity index (χ1) is 12.7. The van der Waals surface area contributed by atoms with Crippen molar-refractivity contribution in [2.75, 3.05) is 6.54 Å². The lowest BCUT2D eigenvalue weighted by molar-refractivity contribution is 0.174. The van der Waals surface area contributed by atoms with Crippen LogP contribution in [-0.2, 0) is 13.2 Å². The van der Waals surface area contributed by atoms with E-state index in [4.69, 9.17) is 4.74 Å². The second kappa shape index (κ2) is 9.18. The Labute approximate surface area is 155 Å². The van der Waals surface area contributed by atoms with E-state index in [-0.39, 0.29) is 0 Å². The quantitative estimate of drug-likeness (QED) is 0.635. The van der Waals surface area contributed by atoms with Crippen LogP contribution in [-0.4, -0.2) is 11.7 Å². The predicted molar refractivity (Wildman–Crippen MR) is 105 cm³/mol. The van der Waals surface area contributed by atoms with E-state index in [0.29, 0.717) is 19.7 Å². The van der Waals surface area contributed by atoms with Gasteiger partial charge in [-0.25, -0.2) is 0 Å². The monoisotopic (exact) mass is 347 g/mol. The summed E-state index contributed by atoms with van der Waals surface area (Å²) in [6, 6.07) is 26.0. The number of aryl methyl sites for hydroxylation is 1. The lowest BCUT2D eigenvalue weighted by atomic mass is 10.1. The van der Waals surface area contributed by atoms with Gasteiger partial charge in [-0.15, -0.1) is 0 Å². The highest BCUT2D eigenvalue weighted by molar-refractivity contribution is 5.29. The third-order valence-electron chi connectivity index (χ3n) is 4.43. The first-order valence-electron chi connectivity index (χ1n) is 8.92. The third-order valence-corrected chi connectivity index (χ3v) is 4.43. The van der Waals surface area contributed by atoms with Crippen LogP contribution in [0.3, 0.4) is 0 Å². The summed E-state index contributed by atoms with van der Waals surface area (Å²) in [6.45, 7) is 3.91. The molecule has 2 N–H and O–H groups in total. The molecule has 0 aliphatic heterocycles. The lowest BCUT2D eigenvalue weighted by Gasteiger charge is -2.13. The van der Waals surface area contributed by atoms with Crippen LogP contribution in [0.2, 0.25) is 0 Å². The molecular formula is C23H25NO2. The highest BCUT2D eigenvalue weighted by Gasteiger charge is 2.06. The Bertz CT molecular complexity index is 800. The van der Waals surface area contributed by atoms with Crippen molar-refractivity contribution in [3.63, 3.8) is 0 Å². The Hall–Kier alpha value is -2.62. The summed E-state index contributed by atoms with van der Waals surface area (Å²) < 4.78 is 5.87. The highest BCUT2D eigenvalue weighted by Crippen LogP contribution is 2.16. The molecule has 0 spiro atoms. The molecule has 26 heavy (non-hydrogen) atoms. The largest absolute Gasteiger partial charge is 0.489 e. The summed E-state index contributed by atoms with van der Waals surface area (Å²) in [5, 5.41) is 13.5. The van der Waals surface area contributed by atoms with E-state index >= 15 is 0 Å². The van der Waals surface area contributed by atoms with E-state index < -0.39 is 6.10 Å².